The molecule has 0 fully saturated rings. The zero-order valence-corrected chi connectivity index (χ0v) is 12.8. The Morgan fingerprint density at radius 1 is 1.30 bits per heavy atom. The monoisotopic (exact) mass is 329 g/mol. The van der Waals surface area contributed by atoms with Gasteiger partial charge in [0, 0.05) is 17.0 Å². The lowest BCUT2D eigenvalue weighted by atomic mass is 10.2. The van der Waals surface area contributed by atoms with Crippen LogP contribution in [0.2, 0.25) is 0 Å². The van der Waals surface area contributed by atoms with Gasteiger partial charge in [0.25, 0.3) is 0 Å². The van der Waals surface area contributed by atoms with Crippen LogP contribution in [0.25, 0.3) is 16.6 Å². The molecular formula is C17H12FNO3S. The lowest BCUT2D eigenvalue weighted by Gasteiger charge is -1.98. The van der Waals surface area contributed by atoms with E-state index < -0.39 is 5.97 Å². The number of nitrogens with zero attached hydrogens (tertiary/aromatic N) is 1. The van der Waals surface area contributed by atoms with Crippen LogP contribution in [0.1, 0.15) is 11.5 Å². The summed E-state index contributed by atoms with van der Waals surface area (Å²) in [6, 6.07) is 9.56. The van der Waals surface area contributed by atoms with Gasteiger partial charge >= 0.3 is 5.97 Å². The van der Waals surface area contributed by atoms with Gasteiger partial charge in [-0.3, -0.25) is 0 Å². The highest BCUT2D eigenvalue weighted by Crippen LogP contribution is 2.24. The van der Waals surface area contributed by atoms with E-state index in [1.807, 2.05) is 5.38 Å². The lowest BCUT2D eigenvalue weighted by Crippen LogP contribution is -2.00. The minimum atomic E-state index is -0.474. The molecule has 1 aromatic carbocycles. The normalized spacial score (nSPS) is 11.0. The fourth-order valence-corrected chi connectivity index (χ4v) is 2.64. The number of esters is 1. The van der Waals surface area contributed by atoms with Crippen molar-refractivity contribution in [3.05, 3.63) is 71.4 Å². The summed E-state index contributed by atoms with van der Waals surface area (Å²) in [5, 5.41) is 2.56. The first-order valence-corrected chi connectivity index (χ1v) is 7.67. The van der Waals surface area contributed by atoms with Crippen molar-refractivity contribution in [2.24, 2.45) is 0 Å². The molecule has 0 spiro atoms. The Hall–Kier alpha value is -2.73. The highest BCUT2D eigenvalue weighted by atomic mass is 32.1. The largest absolute Gasteiger partial charge is 0.465 e. The van der Waals surface area contributed by atoms with Crippen LogP contribution in [0.3, 0.4) is 0 Å². The fraction of sp³-hybridized carbons (Fsp3) is 0.0588. The molecule has 0 aliphatic carbocycles. The predicted octanol–water partition coefficient (Wildman–Crippen LogP) is 4.30. The van der Waals surface area contributed by atoms with Crippen LogP contribution in [0, 0.1) is 5.82 Å². The molecule has 0 N–H and O–H groups in total. The van der Waals surface area contributed by atoms with Gasteiger partial charge in [0.05, 0.1) is 12.0 Å². The van der Waals surface area contributed by atoms with E-state index in [0.717, 1.165) is 10.6 Å². The summed E-state index contributed by atoms with van der Waals surface area (Å²) >= 11 is 1.41. The summed E-state index contributed by atoms with van der Waals surface area (Å²) in [4.78, 5) is 16.0. The van der Waals surface area contributed by atoms with Crippen molar-refractivity contribution in [2.75, 3.05) is 0 Å². The van der Waals surface area contributed by atoms with E-state index in [2.05, 4.69) is 4.98 Å². The second kappa shape index (κ2) is 7.02. The molecule has 0 amide bonds. The summed E-state index contributed by atoms with van der Waals surface area (Å²) in [7, 11) is 0. The van der Waals surface area contributed by atoms with Crippen molar-refractivity contribution in [1.29, 1.82) is 0 Å². The molecule has 0 aliphatic heterocycles. The van der Waals surface area contributed by atoms with Gasteiger partial charge in [-0.15, -0.1) is 11.3 Å². The highest BCUT2D eigenvalue weighted by molar-refractivity contribution is 7.13. The molecule has 0 radical (unpaired) electrons. The molecule has 0 unspecified atom stereocenters. The Balaban J connectivity index is 1.57. The van der Waals surface area contributed by atoms with Gasteiger partial charge in [-0.1, -0.05) is 0 Å². The van der Waals surface area contributed by atoms with Crippen molar-refractivity contribution in [2.45, 2.75) is 6.61 Å². The maximum absolute atomic E-state index is 12.9. The van der Waals surface area contributed by atoms with Crippen molar-refractivity contribution in [1.82, 2.24) is 4.98 Å². The minimum absolute atomic E-state index is 0.0824. The van der Waals surface area contributed by atoms with Crippen LogP contribution in [-0.2, 0) is 16.1 Å². The second-order valence-electron chi connectivity index (χ2n) is 4.61. The van der Waals surface area contributed by atoms with Gasteiger partial charge in [-0.2, -0.15) is 0 Å². The summed E-state index contributed by atoms with van der Waals surface area (Å²) < 4.78 is 23.1. The number of carbonyl (C=O) groups excluding carboxylic acids is 1. The second-order valence-corrected chi connectivity index (χ2v) is 5.47. The molecule has 0 aliphatic rings. The predicted molar refractivity (Wildman–Crippen MR) is 85.0 cm³/mol. The Morgan fingerprint density at radius 2 is 2.13 bits per heavy atom. The van der Waals surface area contributed by atoms with Crippen LogP contribution in [0.15, 0.2) is 58.5 Å². The van der Waals surface area contributed by atoms with E-state index >= 15 is 0 Å². The number of thiazole rings is 1. The molecule has 3 aromatic rings. The number of halogens is 1. The Bertz CT molecular complexity index is 807. The van der Waals surface area contributed by atoms with Crippen molar-refractivity contribution < 1.29 is 18.3 Å². The van der Waals surface area contributed by atoms with Crippen LogP contribution in [-0.4, -0.2) is 11.0 Å². The number of hydrogen-bond donors (Lipinski definition) is 0. The van der Waals surface area contributed by atoms with E-state index in [9.17, 15) is 9.18 Å². The molecule has 2 heterocycles. The van der Waals surface area contributed by atoms with Gasteiger partial charge < -0.3 is 9.15 Å². The Kier molecular flexibility index (Phi) is 4.63. The van der Waals surface area contributed by atoms with Gasteiger partial charge in [0.1, 0.15) is 23.2 Å². The number of ether oxygens (including phenoxy) is 1. The summed E-state index contributed by atoms with van der Waals surface area (Å²) in [6.07, 6.45) is 4.36. The first kappa shape index (κ1) is 15.2. The van der Waals surface area contributed by atoms with Crippen LogP contribution < -0.4 is 0 Å². The smallest absolute Gasteiger partial charge is 0.331 e. The third-order valence-electron chi connectivity index (χ3n) is 2.93. The first-order chi connectivity index (χ1) is 11.2. The van der Waals surface area contributed by atoms with E-state index in [1.54, 1.807) is 24.3 Å². The summed E-state index contributed by atoms with van der Waals surface area (Å²) in [5.41, 5.74) is 1.47. The van der Waals surface area contributed by atoms with E-state index in [4.69, 9.17) is 9.15 Å². The number of carbonyl (C=O) groups is 1. The van der Waals surface area contributed by atoms with Crippen molar-refractivity contribution >= 4 is 23.4 Å². The molecule has 0 atom stereocenters. The topological polar surface area (TPSA) is 52.3 Å². The molecule has 0 saturated heterocycles. The standard InChI is InChI=1S/C17H12FNO3S/c18-13-5-3-12(4-6-13)17-19-14(11-23-17)10-22-16(20)8-7-15-2-1-9-21-15/h1-9,11H,10H2/b8-7+. The van der Waals surface area contributed by atoms with Crippen LogP contribution >= 0.6 is 11.3 Å². The number of furan rings is 1. The van der Waals surface area contributed by atoms with Crippen LogP contribution in [0.4, 0.5) is 4.39 Å². The first-order valence-electron chi connectivity index (χ1n) is 6.79. The molecule has 3 rings (SSSR count). The molecule has 6 heteroatoms. The quantitative estimate of drug-likeness (QED) is 0.517. The van der Waals surface area contributed by atoms with Gasteiger partial charge in [-0.05, 0) is 42.5 Å². The van der Waals surface area contributed by atoms with E-state index in [1.165, 1.54) is 41.9 Å². The molecule has 0 saturated carbocycles. The summed E-state index contributed by atoms with van der Waals surface area (Å²) in [5.74, 6) is -0.185. The fourth-order valence-electron chi connectivity index (χ4n) is 1.83. The minimum Gasteiger partial charge on any atom is -0.465 e. The SMILES string of the molecule is O=C(/C=C/c1ccco1)OCc1csc(-c2ccc(F)cc2)n1. The Morgan fingerprint density at radius 3 is 2.87 bits per heavy atom. The molecule has 2 aromatic heterocycles. The van der Waals surface area contributed by atoms with E-state index in [-0.39, 0.29) is 12.4 Å². The average molecular weight is 329 g/mol. The lowest BCUT2D eigenvalue weighted by molar-refractivity contribution is -0.139. The maximum atomic E-state index is 12.9. The van der Waals surface area contributed by atoms with Gasteiger partial charge in [0.2, 0.25) is 0 Å². The van der Waals surface area contributed by atoms with Gasteiger partial charge in [0.15, 0.2) is 0 Å². The zero-order valence-electron chi connectivity index (χ0n) is 11.9. The zero-order chi connectivity index (χ0) is 16.1. The van der Waals surface area contributed by atoms with E-state index in [0.29, 0.717) is 11.5 Å². The molecule has 4 nitrogen and oxygen atoms in total. The maximum Gasteiger partial charge on any atom is 0.331 e. The highest BCUT2D eigenvalue weighted by Gasteiger charge is 2.07. The molecule has 116 valence electrons. The third kappa shape index (κ3) is 4.14. The number of benzene rings is 1. The number of aromatic nitrogens is 1. The third-order valence-corrected chi connectivity index (χ3v) is 3.87. The van der Waals surface area contributed by atoms with Crippen molar-refractivity contribution in [3.63, 3.8) is 0 Å². The number of hydrogen-bond acceptors (Lipinski definition) is 5. The van der Waals surface area contributed by atoms with Gasteiger partial charge in [-0.25, -0.2) is 14.2 Å². The number of rotatable bonds is 5. The average Bonchev–Trinajstić information content (AvgIpc) is 3.23. The molecule has 23 heavy (non-hydrogen) atoms. The van der Waals surface area contributed by atoms with Crippen LogP contribution in [0.5, 0.6) is 0 Å². The molecule has 0 bridgehead atoms. The molecular weight excluding hydrogens is 317 g/mol. The summed E-state index contributed by atoms with van der Waals surface area (Å²) in [6.45, 7) is 0.0824. The Labute approximate surface area is 135 Å². The van der Waals surface area contributed by atoms with Crippen molar-refractivity contribution in [3.8, 4) is 10.6 Å².